The van der Waals surface area contributed by atoms with Crippen LogP contribution in [0.4, 0.5) is 11.5 Å². The molecule has 0 aliphatic carbocycles. The Morgan fingerprint density at radius 2 is 1.92 bits per heavy atom. The van der Waals surface area contributed by atoms with Gasteiger partial charge in [0.25, 0.3) is 0 Å². The molecule has 0 radical (unpaired) electrons. The molecular formula is C21H29N3O2. The van der Waals surface area contributed by atoms with Crippen molar-refractivity contribution >= 4 is 17.5 Å². The molecule has 26 heavy (non-hydrogen) atoms. The van der Waals surface area contributed by atoms with Crippen LogP contribution < -0.4 is 10.6 Å². The number of nitrogen functional groups attached to an aromatic ring is 1. The molecule has 2 rings (SSSR count). The molecule has 5 nitrogen and oxygen atoms in total. The molecule has 0 aliphatic rings. The van der Waals surface area contributed by atoms with Crippen molar-refractivity contribution in [3.05, 3.63) is 53.7 Å². The van der Waals surface area contributed by atoms with Gasteiger partial charge in [0.1, 0.15) is 5.82 Å². The molecular weight excluding hydrogens is 326 g/mol. The van der Waals surface area contributed by atoms with Crippen LogP contribution in [-0.4, -0.2) is 24.1 Å². The second-order valence-corrected chi connectivity index (χ2v) is 6.78. The van der Waals surface area contributed by atoms with Gasteiger partial charge in [0.15, 0.2) is 0 Å². The van der Waals surface area contributed by atoms with Gasteiger partial charge in [0.05, 0.1) is 13.5 Å². The van der Waals surface area contributed by atoms with E-state index in [0.29, 0.717) is 12.1 Å². The highest BCUT2D eigenvalue weighted by Crippen LogP contribution is 2.28. The Kier molecular flexibility index (Phi) is 7.01. The first-order valence-electron chi connectivity index (χ1n) is 9.09. The number of carbonyl (C=O) groups is 1. The molecule has 1 unspecified atom stereocenters. The van der Waals surface area contributed by atoms with E-state index in [1.165, 1.54) is 12.7 Å². The van der Waals surface area contributed by atoms with Gasteiger partial charge >= 0.3 is 5.97 Å². The van der Waals surface area contributed by atoms with E-state index < -0.39 is 0 Å². The zero-order valence-corrected chi connectivity index (χ0v) is 16.1. The molecule has 0 amide bonds. The zero-order valence-electron chi connectivity index (χ0n) is 16.1. The standard InChI is InChI=1S/C21H29N3O2/c1-5-17(11-21(25)26-4)19-12-18(22)13-20(23-19)24(15(2)3)14-16-9-7-6-8-10-16/h6-10,12-13,15,17H,5,11,14H2,1-4H3,(H2,22,23). The number of nitrogens with two attached hydrogens (primary N) is 1. The maximum absolute atomic E-state index is 11.7. The molecule has 0 saturated heterocycles. The Hall–Kier alpha value is -2.56. The van der Waals surface area contributed by atoms with Gasteiger partial charge in [-0.05, 0) is 31.9 Å². The van der Waals surface area contributed by atoms with Gasteiger partial charge < -0.3 is 15.4 Å². The molecule has 0 fully saturated rings. The fraction of sp³-hybridized carbons (Fsp3) is 0.429. The predicted octanol–water partition coefficient (Wildman–Crippen LogP) is 4.14. The average molecular weight is 355 g/mol. The molecule has 1 aromatic carbocycles. The van der Waals surface area contributed by atoms with Crippen LogP contribution in [0, 0.1) is 0 Å². The molecule has 0 spiro atoms. The summed E-state index contributed by atoms with van der Waals surface area (Å²) in [5.41, 5.74) is 8.88. The quantitative estimate of drug-likeness (QED) is 0.721. The van der Waals surface area contributed by atoms with Gasteiger partial charge in [-0.1, -0.05) is 37.3 Å². The molecule has 1 aromatic heterocycles. The number of hydrogen-bond donors (Lipinski definition) is 1. The number of aromatic nitrogens is 1. The Balaban J connectivity index is 2.34. The van der Waals surface area contributed by atoms with Crippen molar-refractivity contribution in [1.29, 1.82) is 0 Å². The highest BCUT2D eigenvalue weighted by atomic mass is 16.5. The maximum Gasteiger partial charge on any atom is 0.306 e. The Morgan fingerprint density at radius 3 is 2.50 bits per heavy atom. The molecule has 0 aliphatic heterocycles. The van der Waals surface area contributed by atoms with Crippen molar-refractivity contribution in [3.63, 3.8) is 0 Å². The zero-order chi connectivity index (χ0) is 19.1. The Labute approximate surface area is 156 Å². The van der Waals surface area contributed by atoms with Crippen molar-refractivity contribution in [3.8, 4) is 0 Å². The summed E-state index contributed by atoms with van der Waals surface area (Å²) >= 11 is 0. The summed E-state index contributed by atoms with van der Waals surface area (Å²) in [5, 5.41) is 0. The number of esters is 1. The first-order valence-corrected chi connectivity index (χ1v) is 9.09. The number of carbonyl (C=O) groups excluding carboxylic acids is 1. The van der Waals surface area contributed by atoms with E-state index in [1.807, 2.05) is 37.3 Å². The van der Waals surface area contributed by atoms with Crippen LogP contribution in [-0.2, 0) is 16.1 Å². The van der Waals surface area contributed by atoms with E-state index in [4.69, 9.17) is 15.5 Å². The highest BCUT2D eigenvalue weighted by Gasteiger charge is 2.20. The minimum Gasteiger partial charge on any atom is -0.469 e. The Bertz CT molecular complexity index is 716. The van der Waals surface area contributed by atoms with E-state index in [0.717, 1.165) is 24.5 Å². The van der Waals surface area contributed by atoms with Gasteiger partial charge in [-0.3, -0.25) is 4.79 Å². The number of ether oxygens (including phenoxy) is 1. The molecule has 1 heterocycles. The Morgan fingerprint density at radius 1 is 1.23 bits per heavy atom. The van der Waals surface area contributed by atoms with Crippen molar-refractivity contribution in [2.75, 3.05) is 17.7 Å². The largest absolute Gasteiger partial charge is 0.469 e. The van der Waals surface area contributed by atoms with Crippen LogP contribution in [0.15, 0.2) is 42.5 Å². The smallest absolute Gasteiger partial charge is 0.306 e. The van der Waals surface area contributed by atoms with Crippen LogP contribution in [0.1, 0.15) is 50.8 Å². The van der Waals surface area contributed by atoms with Crippen molar-refractivity contribution < 1.29 is 9.53 Å². The summed E-state index contributed by atoms with van der Waals surface area (Å²) in [6.45, 7) is 7.07. The third-order valence-corrected chi connectivity index (χ3v) is 4.52. The summed E-state index contributed by atoms with van der Waals surface area (Å²) in [6.07, 6.45) is 1.11. The third-order valence-electron chi connectivity index (χ3n) is 4.52. The normalized spacial score (nSPS) is 12.0. The number of pyridine rings is 1. The third kappa shape index (κ3) is 5.22. The van der Waals surface area contributed by atoms with Crippen molar-refractivity contribution in [2.24, 2.45) is 0 Å². The minimum absolute atomic E-state index is 0.00422. The van der Waals surface area contributed by atoms with Gasteiger partial charge in [0, 0.05) is 36.0 Å². The van der Waals surface area contributed by atoms with Crippen LogP contribution in [0.3, 0.4) is 0 Å². The lowest BCUT2D eigenvalue weighted by atomic mass is 9.97. The monoisotopic (exact) mass is 355 g/mol. The van der Waals surface area contributed by atoms with E-state index in [9.17, 15) is 4.79 Å². The lowest BCUT2D eigenvalue weighted by molar-refractivity contribution is -0.141. The SMILES string of the molecule is CCC(CC(=O)OC)c1cc(N)cc(N(Cc2ccccc2)C(C)C)n1. The number of methoxy groups -OCH3 is 1. The molecule has 140 valence electrons. The predicted molar refractivity (Wildman–Crippen MR) is 106 cm³/mol. The minimum atomic E-state index is -0.229. The topological polar surface area (TPSA) is 68.5 Å². The first-order chi connectivity index (χ1) is 12.4. The van der Waals surface area contributed by atoms with Gasteiger partial charge in [-0.15, -0.1) is 0 Å². The molecule has 5 heteroatoms. The van der Waals surface area contributed by atoms with E-state index >= 15 is 0 Å². The van der Waals surface area contributed by atoms with Gasteiger partial charge in [-0.2, -0.15) is 0 Å². The number of rotatable bonds is 8. The van der Waals surface area contributed by atoms with E-state index in [-0.39, 0.29) is 17.9 Å². The summed E-state index contributed by atoms with van der Waals surface area (Å²) < 4.78 is 4.82. The summed E-state index contributed by atoms with van der Waals surface area (Å²) in [7, 11) is 1.41. The number of hydrogen-bond acceptors (Lipinski definition) is 5. The fourth-order valence-corrected chi connectivity index (χ4v) is 2.97. The molecule has 1 atom stereocenters. The number of anilines is 2. The highest BCUT2D eigenvalue weighted by molar-refractivity contribution is 5.70. The maximum atomic E-state index is 11.7. The molecule has 2 N–H and O–H groups in total. The number of benzene rings is 1. The second kappa shape index (κ2) is 9.22. The summed E-state index contributed by atoms with van der Waals surface area (Å²) in [6, 6.07) is 14.3. The fourth-order valence-electron chi connectivity index (χ4n) is 2.97. The van der Waals surface area contributed by atoms with Crippen LogP contribution in [0.5, 0.6) is 0 Å². The van der Waals surface area contributed by atoms with Gasteiger partial charge in [-0.25, -0.2) is 4.98 Å². The summed E-state index contributed by atoms with van der Waals surface area (Å²) in [4.78, 5) is 18.8. The first kappa shape index (κ1) is 19.8. The van der Waals surface area contributed by atoms with Crippen LogP contribution in [0.25, 0.3) is 0 Å². The van der Waals surface area contributed by atoms with E-state index in [2.05, 4.69) is 30.9 Å². The van der Waals surface area contributed by atoms with E-state index in [1.54, 1.807) is 0 Å². The van der Waals surface area contributed by atoms with Crippen LogP contribution >= 0.6 is 0 Å². The molecule has 2 aromatic rings. The average Bonchev–Trinajstić information content (AvgIpc) is 2.63. The van der Waals surface area contributed by atoms with Gasteiger partial charge in [0.2, 0.25) is 0 Å². The van der Waals surface area contributed by atoms with Crippen molar-refractivity contribution in [2.45, 2.75) is 52.1 Å². The molecule has 0 saturated carbocycles. The van der Waals surface area contributed by atoms with Crippen LogP contribution in [0.2, 0.25) is 0 Å². The molecule has 0 bridgehead atoms. The lowest BCUT2D eigenvalue weighted by Gasteiger charge is -2.29. The second-order valence-electron chi connectivity index (χ2n) is 6.78. The lowest BCUT2D eigenvalue weighted by Crippen LogP contribution is -2.31. The summed E-state index contributed by atoms with van der Waals surface area (Å²) in [5.74, 6) is 0.602. The number of nitrogens with zero attached hydrogens (tertiary/aromatic N) is 2. The van der Waals surface area contributed by atoms with Crippen molar-refractivity contribution in [1.82, 2.24) is 4.98 Å².